The Hall–Kier alpha value is -2.67. The molecule has 0 spiro atoms. The van der Waals surface area contributed by atoms with Crippen LogP contribution in [0.4, 0.5) is 4.39 Å². The van der Waals surface area contributed by atoms with E-state index in [1.807, 2.05) is 38.1 Å². The van der Waals surface area contributed by atoms with E-state index in [2.05, 4.69) is 15.2 Å². The second-order valence-corrected chi connectivity index (χ2v) is 7.72. The molecule has 0 unspecified atom stereocenters. The van der Waals surface area contributed by atoms with Crippen LogP contribution in [0.3, 0.4) is 0 Å². The van der Waals surface area contributed by atoms with E-state index in [1.54, 1.807) is 24.1 Å². The summed E-state index contributed by atoms with van der Waals surface area (Å²) in [5.41, 5.74) is 2.87. The van der Waals surface area contributed by atoms with Crippen molar-refractivity contribution in [2.24, 2.45) is 0 Å². The number of aryl methyl sites for hydroxylation is 1. The van der Waals surface area contributed by atoms with Gasteiger partial charge in [-0.2, -0.15) is 0 Å². The fourth-order valence-electron chi connectivity index (χ4n) is 2.65. The predicted molar refractivity (Wildman–Crippen MR) is 105 cm³/mol. The van der Waals surface area contributed by atoms with E-state index in [4.69, 9.17) is 0 Å². The highest BCUT2D eigenvalue weighted by molar-refractivity contribution is 8.00. The van der Waals surface area contributed by atoms with Gasteiger partial charge in [0.2, 0.25) is 11.1 Å². The number of hydrogen-bond donors (Lipinski definition) is 1. The van der Waals surface area contributed by atoms with Crippen molar-refractivity contribution >= 4 is 17.7 Å². The van der Waals surface area contributed by atoms with Crippen molar-refractivity contribution in [3.8, 4) is 11.4 Å². The van der Waals surface area contributed by atoms with Crippen LogP contribution in [0.15, 0.2) is 53.7 Å². The number of H-pyrrole nitrogens is 1. The molecule has 0 aliphatic heterocycles. The van der Waals surface area contributed by atoms with Gasteiger partial charge in [0.15, 0.2) is 5.82 Å². The quantitative estimate of drug-likeness (QED) is 0.651. The van der Waals surface area contributed by atoms with E-state index in [-0.39, 0.29) is 17.0 Å². The molecular formula is C20H21FN4OS. The maximum Gasteiger partial charge on any atom is 0.235 e. The lowest BCUT2D eigenvalue weighted by molar-refractivity contribution is -0.129. The van der Waals surface area contributed by atoms with Crippen molar-refractivity contribution < 1.29 is 9.18 Å². The van der Waals surface area contributed by atoms with Gasteiger partial charge in [0.25, 0.3) is 0 Å². The van der Waals surface area contributed by atoms with Gasteiger partial charge in [-0.1, -0.05) is 53.7 Å². The van der Waals surface area contributed by atoms with Gasteiger partial charge in [0.05, 0.1) is 5.25 Å². The molecule has 7 heteroatoms. The van der Waals surface area contributed by atoms with Crippen molar-refractivity contribution in [3.05, 3.63) is 65.5 Å². The number of aromatic nitrogens is 3. The fraction of sp³-hybridized carbons (Fsp3) is 0.250. The van der Waals surface area contributed by atoms with Gasteiger partial charge < -0.3 is 4.90 Å². The molecule has 5 nitrogen and oxygen atoms in total. The second-order valence-electron chi connectivity index (χ2n) is 6.42. The summed E-state index contributed by atoms with van der Waals surface area (Å²) in [5, 5.41) is 7.27. The molecule has 0 saturated carbocycles. The van der Waals surface area contributed by atoms with E-state index >= 15 is 0 Å². The lowest BCUT2D eigenvalue weighted by Crippen LogP contribution is -2.32. The zero-order valence-electron chi connectivity index (χ0n) is 15.4. The summed E-state index contributed by atoms with van der Waals surface area (Å²) < 4.78 is 13.3. The Bertz CT molecular complexity index is 926. The molecule has 1 heterocycles. The van der Waals surface area contributed by atoms with Crippen LogP contribution in [0, 0.1) is 12.7 Å². The third-order valence-corrected chi connectivity index (χ3v) is 5.05. The third-order valence-electron chi connectivity index (χ3n) is 4.10. The Kier molecular flexibility index (Phi) is 5.91. The largest absolute Gasteiger partial charge is 0.340 e. The van der Waals surface area contributed by atoms with Gasteiger partial charge in [-0.25, -0.2) is 9.37 Å². The average Bonchev–Trinajstić information content (AvgIpc) is 3.10. The number of aromatic amines is 1. The van der Waals surface area contributed by atoms with Gasteiger partial charge in [0.1, 0.15) is 5.82 Å². The molecule has 27 heavy (non-hydrogen) atoms. The average molecular weight is 384 g/mol. The normalized spacial score (nSPS) is 12.0. The van der Waals surface area contributed by atoms with Crippen molar-refractivity contribution in [1.82, 2.24) is 20.1 Å². The molecule has 3 aromatic rings. The molecule has 0 aliphatic rings. The first-order valence-electron chi connectivity index (χ1n) is 8.58. The van der Waals surface area contributed by atoms with Crippen LogP contribution in [-0.2, 0) is 11.3 Å². The maximum atomic E-state index is 13.3. The van der Waals surface area contributed by atoms with E-state index in [0.29, 0.717) is 17.5 Å². The predicted octanol–water partition coefficient (Wildman–Crippen LogP) is 4.06. The van der Waals surface area contributed by atoms with E-state index in [1.165, 1.54) is 29.5 Å². The fourth-order valence-corrected chi connectivity index (χ4v) is 3.48. The maximum absolute atomic E-state index is 13.3. The molecule has 0 saturated heterocycles. The number of thioether (sulfide) groups is 1. The topological polar surface area (TPSA) is 61.9 Å². The summed E-state index contributed by atoms with van der Waals surface area (Å²) in [5.74, 6) is 0.302. The van der Waals surface area contributed by atoms with Crippen molar-refractivity contribution in [2.45, 2.75) is 30.8 Å². The van der Waals surface area contributed by atoms with Gasteiger partial charge in [-0.05, 0) is 31.5 Å². The number of halogens is 1. The number of hydrogen-bond acceptors (Lipinski definition) is 4. The van der Waals surface area contributed by atoms with Crippen molar-refractivity contribution in [1.29, 1.82) is 0 Å². The van der Waals surface area contributed by atoms with Crippen LogP contribution in [-0.4, -0.2) is 38.3 Å². The molecule has 0 bridgehead atoms. The molecule has 0 aliphatic carbocycles. The number of rotatable bonds is 6. The highest BCUT2D eigenvalue weighted by Crippen LogP contribution is 2.24. The van der Waals surface area contributed by atoms with E-state index in [0.717, 1.165) is 11.1 Å². The summed E-state index contributed by atoms with van der Waals surface area (Å²) in [6.07, 6.45) is 0. The Labute approximate surface area is 162 Å². The van der Waals surface area contributed by atoms with Crippen molar-refractivity contribution in [3.63, 3.8) is 0 Å². The van der Waals surface area contributed by atoms with Crippen LogP contribution >= 0.6 is 11.8 Å². The first kappa shape index (κ1) is 19.1. The lowest BCUT2D eigenvalue weighted by atomic mass is 10.1. The highest BCUT2D eigenvalue weighted by Gasteiger charge is 2.21. The van der Waals surface area contributed by atoms with Gasteiger partial charge in [-0.3, -0.25) is 9.89 Å². The zero-order valence-corrected chi connectivity index (χ0v) is 16.3. The minimum Gasteiger partial charge on any atom is -0.340 e. The molecule has 1 aromatic heterocycles. The molecule has 0 fully saturated rings. The number of nitrogens with one attached hydrogen (secondary N) is 1. The zero-order chi connectivity index (χ0) is 19.4. The minimum atomic E-state index is -0.356. The molecule has 1 amide bonds. The van der Waals surface area contributed by atoms with Gasteiger partial charge >= 0.3 is 0 Å². The van der Waals surface area contributed by atoms with Gasteiger partial charge in [0, 0.05) is 19.2 Å². The first-order valence-corrected chi connectivity index (χ1v) is 9.46. The Balaban J connectivity index is 1.61. The molecule has 1 N–H and O–H groups in total. The van der Waals surface area contributed by atoms with Gasteiger partial charge in [-0.15, -0.1) is 5.10 Å². The number of carbonyl (C=O) groups is 1. The van der Waals surface area contributed by atoms with Crippen molar-refractivity contribution in [2.75, 3.05) is 7.05 Å². The minimum absolute atomic E-state index is 0.0639. The Morgan fingerprint density at radius 2 is 2.00 bits per heavy atom. The van der Waals surface area contributed by atoms with Crippen LogP contribution in [0.25, 0.3) is 11.4 Å². The first-order chi connectivity index (χ1) is 12.9. The molecule has 3 rings (SSSR count). The summed E-state index contributed by atoms with van der Waals surface area (Å²) in [6, 6.07) is 14.2. The summed E-state index contributed by atoms with van der Waals surface area (Å²) in [7, 11) is 1.71. The van der Waals surface area contributed by atoms with Crippen LogP contribution in [0.5, 0.6) is 0 Å². The number of benzene rings is 2. The summed E-state index contributed by atoms with van der Waals surface area (Å²) >= 11 is 1.29. The smallest absolute Gasteiger partial charge is 0.235 e. The number of carbonyl (C=O) groups excluding carboxylic acids is 1. The molecule has 1 atom stereocenters. The SMILES string of the molecule is Cc1ccc(-c2nc(S[C@@H](C)C(=O)N(C)Cc3cccc(F)c3)n[nH]2)cc1. The number of nitrogens with zero attached hydrogens (tertiary/aromatic N) is 3. The number of amides is 1. The van der Waals surface area contributed by atoms with E-state index in [9.17, 15) is 9.18 Å². The Morgan fingerprint density at radius 1 is 1.26 bits per heavy atom. The molecular weight excluding hydrogens is 363 g/mol. The molecule has 0 radical (unpaired) electrons. The molecule has 140 valence electrons. The lowest BCUT2D eigenvalue weighted by Gasteiger charge is -2.20. The van der Waals surface area contributed by atoms with E-state index < -0.39 is 0 Å². The second kappa shape index (κ2) is 8.35. The monoisotopic (exact) mass is 384 g/mol. The summed E-state index contributed by atoms with van der Waals surface area (Å²) in [6.45, 7) is 4.19. The van der Waals surface area contributed by atoms with Crippen LogP contribution in [0.1, 0.15) is 18.1 Å². The summed E-state index contributed by atoms with van der Waals surface area (Å²) in [4.78, 5) is 18.6. The molecule has 2 aromatic carbocycles. The Morgan fingerprint density at radius 3 is 2.70 bits per heavy atom. The highest BCUT2D eigenvalue weighted by atomic mass is 32.2. The standard InChI is InChI=1S/C20H21FN4OS/c1-13-7-9-16(10-8-13)18-22-20(24-23-18)27-14(2)19(26)25(3)12-15-5-4-6-17(21)11-15/h4-11,14H,12H2,1-3H3,(H,22,23,24)/t14-/m0/s1. The van der Waals surface area contributed by atoms with Crippen LogP contribution in [0.2, 0.25) is 0 Å². The van der Waals surface area contributed by atoms with Crippen LogP contribution < -0.4 is 0 Å². The third kappa shape index (κ3) is 4.95.